The van der Waals surface area contributed by atoms with Gasteiger partial charge in [0, 0.05) is 34.6 Å². The van der Waals surface area contributed by atoms with Crippen LogP contribution >= 0.6 is 11.3 Å². The Morgan fingerprint density at radius 1 is 1.32 bits per heavy atom. The minimum atomic E-state index is -0.294. The molecule has 1 aromatic carbocycles. The Kier molecular flexibility index (Phi) is 4.11. The van der Waals surface area contributed by atoms with Crippen molar-refractivity contribution in [1.82, 2.24) is 9.55 Å². The van der Waals surface area contributed by atoms with E-state index in [4.69, 9.17) is 4.42 Å². The Morgan fingerprint density at radius 3 is 3.04 bits per heavy atom. The summed E-state index contributed by atoms with van der Waals surface area (Å²) in [7, 11) is 0. The summed E-state index contributed by atoms with van der Waals surface area (Å²) in [6.45, 7) is 3.19. The minimum Gasteiger partial charge on any atom is -0.459 e. The van der Waals surface area contributed by atoms with Crippen molar-refractivity contribution in [2.24, 2.45) is 0 Å². The lowest BCUT2D eigenvalue weighted by atomic mass is 10.1. The van der Waals surface area contributed by atoms with Gasteiger partial charge in [-0.1, -0.05) is 13.0 Å². The number of amides is 1. The number of carbonyl (C=O) groups is 1. The molecule has 1 amide bonds. The summed E-state index contributed by atoms with van der Waals surface area (Å²) in [6.07, 6.45) is 4.70. The average Bonchev–Trinajstić information content (AvgIpc) is 3.36. The fourth-order valence-electron chi connectivity index (χ4n) is 2.83. The van der Waals surface area contributed by atoms with E-state index in [9.17, 15) is 4.79 Å². The van der Waals surface area contributed by atoms with Crippen molar-refractivity contribution in [3.05, 3.63) is 60.0 Å². The van der Waals surface area contributed by atoms with Gasteiger partial charge >= 0.3 is 0 Å². The van der Waals surface area contributed by atoms with Gasteiger partial charge in [-0.25, -0.2) is 4.98 Å². The first-order valence-corrected chi connectivity index (χ1v) is 9.02. The molecule has 3 aromatic heterocycles. The topological polar surface area (TPSA) is 60.1 Å². The van der Waals surface area contributed by atoms with Crippen molar-refractivity contribution in [2.45, 2.75) is 19.9 Å². The molecule has 25 heavy (non-hydrogen) atoms. The molecular weight excluding hydrogens is 334 g/mol. The van der Waals surface area contributed by atoms with Crippen LogP contribution in [-0.4, -0.2) is 15.5 Å². The number of nitrogens with zero attached hydrogens (tertiary/aromatic N) is 2. The van der Waals surface area contributed by atoms with E-state index in [1.54, 1.807) is 12.1 Å². The van der Waals surface area contributed by atoms with Gasteiger partial charge in [-0.3, -0.25) is 10.1 Å². The molecule has 0 saturated heterocycles. The third-order valence-corrected chi connectivity index (χ3v) is 4.76. The standard InChI is InChI=1S/C19H17N3O2S/c1-2-8-22-9-7-14-11-13(5-6-16(14)22)15-12-25-19(20-15)21-18(23)17-4-3-10-24-17/h3-7,9-12H,2,8H2,1H3,(H,20,21,23). The second-order valence-corrected chi connectivity index (χ2v) is 6.61. The third kappa shape index (κ3) is 3.08. The largest absolute Gasteiger partial charge is 0.459 e. The molecule has 6 heteroatoms. The van der Waals surface area contributed by atoms with Gasteiger partial charge in [-0.2, -0.15) is 0 Å². The van der Waals surface area contributed by atoms with Crippen LogP contribution in [0, 0.1) is 0 Å². The van der Waals surface area contributed by atoms with Crippen LogP contribution < -0.4 is 5.32 Å². The van der Waals surface area contributed by atoms with E-state index in [0.29, 0.717) is 5.13 Å². The van der Waals surface area contributed by atoms with Crippen molar-refractivity contribution in [3.8, 4) is 11.3 Å². The molecule has 0 atom stereocenters. The Hall–Kier alpha value is -2.86. The number of nitrogens with one attached hydrogen (secondary N) is 1. The van der Waals surface area contributed by atoms with Crippen LogP contribution in [-0.2, 0) is 6.54 Å². The van der Waals surface area contributed by atoms with Crippen LogP contribution in [0.25, 0.3) is 22.2 Å². The number of fused-ring (bicyclic) bond motifs is 1. The van der Waals surface area contributed by atoms with Gasteiger partial charge in [0.1, 0.15) is 0 Å². The maximum atomic E-state index is 12.0. The van der Waals surface area contributed by atoms with Gasteiger partial charge in [-0.15, -0.1) is 11.3 Å². The zero-order valence-electron chi connectivity index (χ0n) is 13.7. The van der Waals surface area contributed by atoms with Crippen molar-refractivity contribution in [2.75, 3.05) is 5.32 Å². The van der Waals surface area contributed by atoms with Crippen LogP contribution in [0.2, 0.25) is 0 Å². The molecule has 3 heterocycles. The van der Waals surface area contributed by atoms with E-state index in [-0.39, 0.29) is 11.7 Å². The van der Waals surface area contributed by atoms with E-state index in [0.717, 1.165) is 24.2 Å². The summed E-state index contributed by atoms with van der Waals surface area (Å²) in [4.78, 5) is 16.5. The highest BCUT2D eigenvalue weighted by molar-refractivity contribution is 7.14. The van der Waals surface area contributed by atoms with Crippen molar-refractivity contribution < 1.29 is 9.21 Å². The van der Waals surface area contributed by atoms with Gasteiger partial charge in [0.25, 0.3) is 5.91 Å². The highest BCUT2D eigenvalue weighted by Crippen LogP contribution is 2.28. The predicted octanol–water partition coefficient (Wildman–Crippen LogP) is 5.02. The monoisotopic (exact) mass is 351 g/mol. The molecule has 0 radical (unpaired) electrons. The second-order valence-electron chi connectivity index (χ2n) is 5.75. The first-order valence-electron chi connectivity index (χ1n) is 8.14. The predicted molar refractivity (Wildman–Crippen MR) is 100.0 cm³/mol. The number of thiazole rings is 1. The van der Waals surface area contributed by atoms with Crippen LogP contribution in [0.4, 0.5) is 5.13 Å². The Balaban J connectivity index is 1.57. The number of anilines is 1. The van der Waals surface area contributed by atoms with Crippen LogP contribution in [0.3, 0.4) is 0 Å². The normalized spacial score (nSPS) is 11.1. The summed E-state index contributed by atoms with van der Waals surface area (Å²) in [5.74, 6) is -0.0200. The van der Waals surface area contributed by atoms with Gasteiger partial charge < -0.3 is 8.98 Å². The molecule has 0 aliphatic rings. The minimum absolute atomic E-state index is 0.274. The number of rotatable bonds is 5. The molecule has 0 aliphatic heterocycles. The Bertz CT molecular complexity index is 1010. The molecule has 0 aliphatic carbocycles. The highest BCUT2D eigenvalue weighted by Gasteiger charge is 2.12. The first-order chi connectivity index (χ1) is 12.2. The van der Waals surface area contributed by atoms with E-state index in [1.807, 2.05) is 5.38 Å². The van der Waals surface area contributed by atoms with E-state index in [1.165, 1.54) is 28.5 Å². The third-order valence-electron chi connectivity index (χ3n) is 4.00. The number of aryl methyl sites for hydroxylation is 1. The number of furan rings is 1. The molecule has 0 bridgehead atoms. The zero-order valence-corrected chi connectivity index (χ0v) is 14.5. The number of carbonyl (C=O) groups excluding carboxylic acids is 1. The molecule has 1 N–H and O–H groups in total. The molecule has 126 valence electrons. The van der Waals surface area contributed by atoms with Crippen molar-refractivity contribution in [1.29, 1.82) is 0 Å². The number of aromatic nitrogens is 2. The maximum Gasteiger partial charge on any atom is 0.293 e. The summed E-state index contributed by atoms with van der Waals surface area (Å²) in [6, 6.07) is 11.8. The summed E-state index contributed by atoms with van der Waals surface area (Å²) in [5.41, 5.74) is 3.12. The fraction of sp³-hybridized carbons (Fsp3) is 0.158. The van der Waals surface area contributed by atoms with Gasteiger partial charge in [0.15, 0.2) is 10.9 Å². The number of benzene rings is 1. The number of hydrogen-bond donors (Lipinski definition) is 1. The van der Waals surface area contributed by atoms with Crippen LogP contribution in [0.5, 0.6) is 0 Å². The molecule has 4 aromatic rings. The lowest BCUT2D eigenvalue weighted by Crippen LogP contribution is -2.10. The maximum absolute atomic E-state index is 12.0. The molecule has 0 fully saturated rings. The summed E-state index contributed by atoms with van der Waals surface area (Å²) >= 11 is 1.40. The van der Waals surface area contributed by atoms with Crippen LogP contribution in [0.1, 0.15) is 23.9 Å². The lowest BCUT2D eigenvalue weighted by molar-refractivity contribution is 0.0996. The SMILES string of the molecule is CCCn1ccc2cc(-c3csc(NC(=O)c4ccco4)n3)ccc21. The second kappa shape index (κ2) is 6.57. The fourth-order valence-corrected chi connectivity index (χ4v) is 3.54. The lowest BCUT2D eigenvalue weighted by Gasteiger charge is -2.03. The van der Waals surface area contributed by atoms with Crippen molar-refractivity contribution >= 4 is 33.3 Å². The summed E-state index contributed by atoms with van der Waals surface area (Å²) < 4.78 is 7.35. The highest BCUT2D eigenvalue weighted by atomic mass is 32.1. The summed E-state index contributed by atoms with van der Waals surface area (Å²) in [5, 5.41) is 6.46. The van der Waals surface area contributed by atoms with Gasteiger partial charge in [0.05, 0.1) is 12.0 Å². The van der Waals surface area contributed by atoms with Crippen LogP contribution in [0.15, 0.2) is 58.7 Å². The molecule has 0 unspecified atom stereocenters. The zero-order chi connectivity index (χ0) is 17.2. The molecule has 5 nitrogen and oxygen atoms in total. The van der Waals surface area contributed by atoms with Crippen molar-refractivity contribution in [3.63, 3.8) is 0 Å². The Morgan fingerprint density at radius 2 is 2.24 bits per heavy atom. The Labute approximate surface area is 148 Å². The average molecular weight is 351 g/mol. The van der Waals surface area contributed by atoms with E-state index < -0.39 is 0 Å². The smallest absolute Gasteiger partial charge is 0.293 e. The van der Waals surface area contributed by atoms with E-state index in [2.05, 4.69) is 52.3 Å². The molecule has 4 rings (SSSR count). The quantitative estimate of drug-likeness (QED) is 0.549. The van der Waals surface area contributed by atoms with E-state index >= 15 is 0 Å². The first kappa shape index (κ1) is 15.7. The molecular formula is C19H17N3O2S. The number of hydrogen-bond acceptors (Lipinski definition) is 4. The van der Waals surface area contributed by atoms with Gasteiger partial charge in [-0.05, 0) is 36.8 Å². The molecule has 0 spiro atoms. The molecule has 0 saturated carbocycles. The van der Waals surface area contributed by atoms with Gasteiger partial charge in [0.2, 0.25) is 0 Å².